The lowest BCUT2D eigenvalue weighted by Crippen LogP contribution is -2.09. The van der Waals surface area contributed by atoms with Crippen LogP contribution >= 0.6 is 0 Å². The van der Waals surface area contributed by atoms with Crippen LogP contribution in [0.15, 0.2) is 4.52 Å². The van der Waals surface area contributed by atoms with Gasteiger partial charge in [-0.3, -0.25) is 0 Å². The van der Waals surface area contributed by atoms with E-state index < -0.39 is 11.9 Å². The summed E-state index contributed by atoms with van der Waals surface area (Å²) < 4.78 is 14.9. The lowest BCUT2D eigenvalue weighted by Gasteiger charge is -2.03. The zero-order valence-corrected chi connectivity index (χ0v) is 12.8. The van der Waals surface area contributed by atoms with E-state index in [-0.39, 0.29) is 24.8 Å². The number of aryl methyl sites for hydroxylation is 2. The van der Waals surface area contributed by atoms with E-state index in [1.165, 1.54) is 0 Å². The molecule has 0 saturated heterocycles. The van der Waals surface area contributed by atoms with Gasteiger partial charge in [-0.05, 0) is 33.3 Å². The number of aromatic amines is 1. The Morgan fingerprint density at radius 1 is 1.18 bits per heavy atom. The summed E-state index contributed by atoms with van der Waals surface area (Å²) in [4.78, 5) is 30.8. The van der Waals surface area contributed by atoms with Crippen molar-refractivity contribution in [2.45, 2.75) is 34.3 Å². The average molecular weight is 307 g/mol. The third-order valence-electron chi connectivity index (χ3n) is 3.02. The van der Waals surface area contributed by atoms with E-state index in [9.17, 15) is 9.59 Å². The molecule has 2 heterocycles. The van der Waals surface area contributed by atoms with Crippen molar-refractivity contribution in [1.82, 2.24) is 15.1 Å². The number of esters is 2. The molecule has 2 aromatic heterocycles. The molecular weight excluding hydrogens is 290 g/mol. The number of nitrogens with one attached hydrogen (secondary N) is 1. The first-order chi connectivity index (χ1) is 10.4. The number of carbonyl (C=O) groups is 2. The maximum Gasteiger partial charge on any atom is 0.355 e. The third-order valence-corrected chi connectivity index (χ3v) is 3.02. The average Bonchev–Trinajstić information content (AvgIpc) is 3.00. The normalized spacial score (nSPS) is 10.5. The first kappa shape index (κ1) is 15.7. The summed E-state index contributed by atoms with van der Waals surface area (Å²) in [7, 11) is 0. The molecule has 0 aliphatic rings. The monoisotopic (exact) mass is 307 g/mol. The summed E-state index contributed by atoms with van der Waals surface area (Å²) in [5.74, 6) is -0.403. The summed E-state index contributed by atoms with van der Waals surface area (Å²) in [6, 6.07) is 0. The maximum atomic E-state index is 12.2. The largest absolute Gasteiger partial charge is 0.461 e. The number of rotatable bonds is 5. The van der Waals surface area contributed by atoms with Gasteiger partial charge in [0.2, 0.25) is 0 Å². The van der Waals surface area contributed by atoms with Crippen molar-refractivity contribution in [3.63, 3.8) is 0 Å². The molecule has 0 unspecified atom stereocenters. The summed E-state index contributed by atoms with van der Waals surface area (Å²) in [6.45, 7) is 6.85. The second kappa shape index (κ2) is 6.42. The number of ether oxygens (including phenoxy) is 2. The highest BCUT2D eigenvalue weighted by Gasteiger charge is 2.24. The van der Waals surface area contributed by atoms with Crippen LogP contribution < -0.4 is 0 Å². The molecule has 0 aliphatic heterocycles. The van der Waals surface area contributed by atoms with Crippen molar-refractivity contribution < 1.29 is 23.6 Å². The maximum absolute atomic E-state index is 12.2. The van der Waals surface area contributed by atoms with Crippen LogP contribution in [0.5, 0.6) is 0 Å². The number of hydrogen-bond acceptors (Lipinski definition) is 7. The molecule has 0 saturated carbocycles. The third kappa shape index (κ3) is 3.16. The first-order valence-corrected chi connectivity index (χ1v) is 6.76. The van der Waals surface area contributed by atoms with Gasteiger partial charge < -0.3 is 19.0 Å². The minimum absolute atomic E-state index is 0.127. The van der Waals surface area contributed by atoms with E-state index in [4.69, 9.17) is 14.0 Å². The summed E-state index contributed by atoms with van der Waals surface area (Å²) in [6.07, 6.45) is 0. The Morgan fingerprint density at radius 3 is 2.50 bits per heavy atom. The molecule has 0 radical (unpaired) electrons. The van der Waals surface area contributed by atoms with Crippen LogP contribution in [-0.4, -0.2) is 33.7 Å². The van der Waals surface area contributed by atoms with Gasteiger partial charge in [-0.15, -0.1) is 0 Å². The van der Waals surface area contributed by atoms with Gasteiger partial charge in [-0.1, -0.05) is 5.16 Å². The molecule has 8 heteroatoms. The topological polar surface area (TPSA) is 107 Å². The van der Waals surface area contributed by atoms with E-state index in [2.05, 4.69) is 15.1 Å². The van der Waals surface area contributed by atoms with Crippen LogP contribution in [0.2, 0.25) is 0 Å². The zero-order valence-electron chi connectivity index (χ0n) is 12.8. The second-order valence-corrected chi connectivity index (χ2v) is 4.66. The predicted molar refractivity (Wildman–Crippen MR) is 74.4 cm³/mol. The SMILES string of the molecule is CCOC(=O)c1[nH]c(C)c(C(=O)OCc2nc(C)no2)c1C. The number of nitrogens with zero attached hydrogens (tertiary/aromatic N) is 2. The molecule has 2 rings (SSSR count). The van der Waals surface area contributed by atoms with Crippen molar-refractivity contribution in [3.05, 3.63) is 34.2 Å². The molecule has 0 atom stereocenters. The molecule has 8 nitrogen and oxygen atoms in total. The smallest absolute Gasteiger partial charge is 0.355 e. The Balaban J connectivity index is 2.14. The minimum atomic E-state index is -0.572. The molecule has 0 bridgehead atoms. The summed E-state index contributed by atoms with van der Waals surface area (Å²) >= 11 is 0. The highest BCUT2D eigenvalue weighted by Crippen LogP contribution is 2.20. The van der Waals surface area contributed by atoms with Gasteiger partial charge >= 0.3 is 11.9 Å². The van der Waals surface area contributed by atoms with Crippen molar-refractivity contribution >= 4 is 11.9 Å². The van der Waals surface area contributed by atoms with Crippen molar-refractivity contribution in [3.8, 4) is 0 Å². The fourth-order valence-corrected chi connectivity index (χ4v) is 2.06. The number of carbonyl (C=O) groups excluding carboxylic acids is 2. The Kier molecular flexibility index (Phi) is 4.59. The number of aromatic nitrogens is 3. The fourth-order valence-electron chi connectivity index (χ4n) is 2.06. The Labute approximate surface area is 126 Å². The van der Waals surface area contributed by atoms with Crippen LogP contribution in [0.3, 0.4) is 0 Å². The molecule has 0 amide bonds. The Hall–Kier alpha value is -2.64. The van der Waals surface area contributed by atoms with Crippen molar-refractivity contribution in [2.24, 2.45) is 0 Å². The van der Waals surface area contributed by atoms with E-state index in [0.717, 1.165) is 0 Å². The standard InChI is InChI=1S/C14H17N3O5/c1-5-20-14(19)12-7(2)11(8(3)15-12)13(18)21-6-10-16-9(4)17-22-10/h15H,5-6H2,1-4H3. The molecule has 2 aromatic rings. The van der Waals surface area contributed by atoms with Crippen LogP contribution in [-0.2, 0) is 16.1 Å². The van der Waals surface area contributed by atoms with Gasteiger partial charge in [0.1, 0.15) is 5.69 Å². The van der Waals surface area contributed by atoms with E-state index in [0.29, 0.717) is 22.6 Å². The van der Waals surface area contributed by atoms with E-state index in [1.54, 1.807) is 27.7 Å². The Bertz CT molecular complexity index is 701. The molecule has 22 heavy (non-hydrogen) atoms. The number of hydrogen-bond donors (Lipinski definition) is 1. The van der Waals surface area contributed by atoms with Crippen LogP contribution in [0, 0.1) is 20.8 Å². The Morgan fingerprint density at radius 2 is 1.91 bits per heavy atom. The molecule has 1 N–H and O–H groups in total. The van der Waals surface area contributed by atoms with Crippen LogP contribution in [0.25, 0.3) is 0 Å². The molecular formula is C14H17N3O5. The van der Waals surface area contributed by atoms with Crippen molar-refractivity contribution in [1.29, 1.82) is 0 Å². The van der Waals surface area contributed by atoms with Crippen LogP contribution in [0.1, 0.15) is 50.7 Å². The summed E-state index contributed by atoms with van der Waals surface area (Å²) in [5, 5.41) is 3.61. The predicted octanol–water partition coefficient (Wildman–Crippen LogP) is 1.86. The minimum Gasteiger partial charge on any atom is -0.461 e. The van der Waals surface area contributed by atoms with Gasteiger partial charge in [0, 0.05) is 5.69 Å². The molecule has 0 aromatic carbocycles. The molecule has 118 valence electrons. The highest BCUT2D eigenvalue weighted by atomic mass is 16.6. The van der Waals surface area contributed by atoms with Crippen LogP contribution in [0.4, 0.5) is 0 Å². The van der Waals surface area contributed by atoms with Gasteiger partial charge in [-0.25, -0.2) is 9.59 Å². The molecule has 0 spiro atoms. The van der Waals surface area contributed by atoms with Crippen molar-refractivity contribution in [2.75, 3.05) is 6.61 Å². The van der Waals surface area contributed by atoms with Gasteiger partial charge in [-0.2, -0.15) is 4.98 Å². The first-order valence-electron chi connectivity index (χ1n) is 6.76. The highest BCUT2D eigenvalue weighted by molar-refractivity contribution is 5.98. The lowest BCUT2D eigenvalue weighted by atomic mass is 10.1. The lowest BCUT2D eigenvalue weighted by molar-refractivity contribution is 0.0428. The second-order valence-electron chi connectivity index (χ2n) is 4.66. The van der Waals surface area contributed by atoms with Gasteiger partial charge in [0.15, 0.2) is 12.4 Å². The fraction of sp³-hybridized carbons (Fsp3) is 0.429. The molecule has 0 aliphatic carbocycles. The number of H-pyrrole nitrogens is 1. The van der Waals surface area contributed by atoms with E-state index in [1.807, 2.05) is 0 Å². The van der Waals surface area contributed by atoms with Gasteiger partial charge in [0.05, 0.1) is 12.2 Å². The van der Waals surface area contributed by atoms with Gasteiger partial charge in [0.25, 0.3) is 5.89 Å². The van der Waals surface area contributed by atoms with E-state index >= 15 is 0 Å². The molecule has 0 fully saturated rings. The zero-order chi connectivity index (χ0) is 16.3. The quantitative estimate of drug-likeness (QED) is 0.840. The summed E-state index contributed by atoms with van der Waals surface area (Å²) in [5.41, 5.74) is 1.58.